The number of anilines is 1. The number of amides is 1. The van der Waals surface area contributed by atoms with Crippen LogP contribution in [0.4, 0.5) is 5.69 Å². The molecule has 0 unspecified atom stereocenters. The molecule has 2 N–H and O–H groups in total. The summed E-state index contributed by atoms with van der Waals surface area (Å²) in [5, 5.41) is 9.74. The molecule has 148 valence electrons. The number of hydrogen-bond acceptors (Lipinski definition) is 4. The number of benzene rings is 2. The summed E-state index contributed by atoms with van der Waals surface area (Å²) in [5.74, 6) is 1.45. The number of hydrogen-bond donors (Lipinski definition) is 2. The first kappa shape index (κ1) is 18.5. The van der Waals surface area contributed by atoms with E-state index in [4.69, 9.17) is 0 Å². The minimum Gasteiger partial charge on any atom is -0.322 e. The summed E-state index contributed by atoms with van der Waals surface area (Å²) in [6.45, 7) is 3.16. The lowest BCUT2D eigenvalue weighted by Gasteiger charge is -2.08. The van der Waals surface area contributed by atoms with Crippen LogP contribution >= 0.6 is 11.3 Å². The van der Waals surface area contributed by atoms with Crippen LogP contribution in [0.25, 0.3) is 11.3 Å². The van der Waals surface area contributed by atoms with E-state index < -0.39 is 0 Å². The van der Waals surface area contributed by atoms with Crippen molar-refractivity contribution in [3.05, 3.63) is 70.0 Å². The summed E-state index contributed by atoms with van der Waals surface area (Å²) < 4.78 is 0. The summed E-state index contributed by atoms with van der Waals surface area (Å²) in [4.78, 5) is 17.2. The van der Waals surface area contributed by atoms with Gasteiger partial charge in [-0.05, 0) is 68.5 Å². The highest BCUT2D eigenvalue weighted by Crippen LogP contribution is 2.42. The van der Waals surface area contributed by atoms with Crippen molar-refractivity contribution in [2.75, 3.05) is 11.9 Å². The first-order chi connectivity index (χ1) is 14.2. The van der Waals surface area contributed by atoms with Gasteiger partial charge in [-0.3, -0.25) is 4.79 Å². The summed E-state index contributed by atoms with van der Waals surface area (Å²) in [5.41, 5.74) is 4.72. The summed E-state index contributed by atoms with van der Waals surface area (Å²) in [6.07, 6.45) is 4.01. The first-order valence-corrected chi connectivity index (χ1v) is 11.2. The van der Waals surface area contributed by atoms with Gasteiger partial charge in [0.15, 0.2) is 0 Å². The molecule has 0 radical (unpaired) electrons. The highest BCUT2D eigenvalue weighted by Gasteiger charge is 2.38. The normalized spacial score (nSPS) is 20.4. The van der Waals surface area contributed by atoms with Crippen molar-refractivity contribution in [1.29, 1.82) is 0 Å². The van der Waals surface area contributed by atoms with E-state index >= 15 is 0 Å². The van der Waals surface area contributed by atoms with Gasteiger partial charge >= 0.3 is 0 Å². The summed E-state index contributed by atoms with van der Waals surface area (Å²) >= 11 is 1.62. The Morgan fingerprint density at radius 2 is 2.00 bits per heavy atom. The van der Waals surface area contributed by atoms with Gasteiger partial charge in [-0.2, -0.15) is 0 Å². The van der Waals surface area contributed by atoms with Crippen molar-refractivity contribution in [1.82, 2.24) is 10.3 Å². The maximum Gasteiger partial charge on any atom is 0.255 e. The molecular formula is C24H25N3OS. The molecule has 0 aliphatic heterocycles. The van der Waals surface area contributed by atoms with E-state index in [1.54, 1.807) is 11.3 Å². The van der Waals surface area contributed by atoms with Crippen LogP contribution in [0.2, 0.25) is 0 Å². The summed E-state index contributed by atoms with van der Waals surface area (Å²) in [7, 11) is 0. The Morgan fingerprint density at radius 1 is 1.17 bits per heavy atom. The van der Waals surface area contributed by atoms with E-state index in [1.165, 1.54) is 31.4 Å². The molecule has 29 heavy (non-hydrogen) atoms. The number of rotatable bonds is 7. The van der Waals surface area contributed by atoms with Crippen molar-refractivity contribution in [3.8, 4) is 11.3 Å². The Hall–Kier alpha value is -2.50. The lowest BCUT2D eigenvalue weighted by molar-refractivity contribution is 0.102. The zero-order chi connectivity index (χ0) is 19.8. The second kappa shape index (κ2) is 7.73. The zero-order valence-electron chi connectivity index (χ0n) is 16.5. The molecule has 2 aliphatic rings. The Morgan fingerprint density at radius 3 is 2.72 bits per heavy atom. The molecule has 2 aliphatic carbocycles. The van der Waals surface area contributed by atoms with Gasteiger partial charge in [0.2, 0.25) is 0 Å². The second-order valence-corrected chi connectivity index (χ2v) is 9.27. The van der Waals surface area contributed by atoms with Crippen LogP contribution in [-0.4, -0.2) is 23.5 Å². The van der Waals surface area contributed by atoms with Gasteiger partial charge in [0.05, 0.1) is 10.7 Å². The van der Waals surface area contributed by atoms with Gasteiger partial charge in [0.1, 0.15) is 0 Å². The van der Waals surface area contributed by atoms with Crippen molar-refractivity contribution >= 4 is 22.9 Å². The maximum absolute atomic E-state index is 12.7. The average Bonchev–Trinajstić information content (AvgIpc) is 3.66. The van der Waals surface area contributed by atoms with Crippen LogP contribution in [0.5, 0.6) is 0 Å². The average molecular weight is 404 g/mol. The lowest BCUT2D eigenvalue weighted by Crippen LogP contribution is -2.20. The smallest absolute Gasteiger partial charge is 0.255 e. The molecule has 2 aromatic carbocycles. The highest BCUT2D eigenvalue weighted by molar-refractivity contribution is 7.09. The molecule has 0 saturated heterocycles. The van der Waals surface area contributed by atoms with Gasteiger partial charge in [-0.25, -0.2) is 4.98 Å². The van der Waals surface area contributed by atoms with Gasteiger partial charge < -0.3 is 10.6 Å². The standard InChI is InChI=1S/C24H25N3OS/c1-15-26-23(14-29-15)18-3-2-4-19(11-18)24(28)27-20-9-7-17(8-10-20)21-12-22(21)25-13-16-5-6-16/h2-4,7-11,14,16,21-22,25H,5-6,12-13H2,1H3,(H,27,28)/t21-,22+/m0/s1. The van der Waals surface area contributed by atoms with Gasteiger partial charge in [-0.15, -0.1) is 11.3 Å². The topological polar surface area (TPSA) is 54.0 Å². The Balaban J connectivity index is 1.21. The minimum atomic E-state index is -0.0954. The third-order valence-corrected chi connectivity index (χ3v) is 6.57. The zero-order valence-corrected chi connectivity index (χ0v) is 17.3. The van der Waals surface area contributed by atoms with Crippen LogP contribution in [-0.2, 0) is 0 Å². The molecule has 1 amide bonds. The van der Waals surface area contributed by atoms with Crippen molar-refractivity contribution in [3.63, 3.8) is 0 Å². The van der Waals surface area contributed by atoms with Crippen LogP contribution in [0.15, 0.2) is 53.9 Å². The van der Waals surface area contributed by atoms with E-state index in [-0.39, 0.29) is 5.91 Å². The van der Waals surface area contributed by atoms with Crippen molar-refractivity contribution in [2.24, 2.45) is 5.92 Å². The predicted octanol–water partition coefficient (Wildman–Crippen LogP) is 5.23. The lowest BCUT2D eigenvalue weighted by atomic mass is 10.1. The molecule has 2 atom stereocenters. The maximum atomic E-state index is 12.7. The van der Waals surface area contributed by atoms with Crippen LogP contribution < -0.4 is 10.6 Å². The molecule has 2 saturated carbocycles. The largest absolute Gasteiger partial charge is 0.322 e. The third-order valence-electron chi connectivity index (χ3n) is 5.79. The van der Waals surface area contributed by atoms with Crippen molar-refractivity contribution < 1.29 is 4.79 Å². The number of nitrogens with zero attached hydrogens (tertiary/aromatic N) is 1. The SMILES string of the molecule is Cc1nc(-c2cccc(C(=O)Nc3ccc([C@@H]4C[C@H]4NCC4CC4)cc3)c2)cs1. The molecule has 1 heterocycles. The summed E-state index contributed by atoms with van der Waals surface area (Å²) in [6, 6.07) is 16.6. The molecule has 0 spiro atoms. The first-order valence-electron chi connectivity index (χ1n) is 10.3. The minimum absolute atomic E-state index is 0.0954. The van der Waals surface area contributed by atoms with E-state index in [9.17, 15) is 4.79 Å². The third kappa shape index (κ3) is 4.41. The quantitative estimate of drug-likeness (QED) is 0.568. The van der Waals surface area contributed by atoms with Crippen molar-refractivity contribution in [2.45, 2.75) is 38.1 Å². The molecule has 5 heteroatoms. The number of thiazole rings is 1. The van der Waals surface area contributed by atoms with Crippen LogP contribution in [0, 0.1) is 12.8 Å². The number of aryl methyl sites for hydroxylation is 1. The predicted molar refractivity (Wildman–Crippen MR) is 119 cm³/mol. The number of carbonyl (C=O) groups excluding carboxylic acids is 1. The number of aromatic nitrogens is 1. The van der Waals surface area contributed by atoms with Crippen LogP contribution in [0.3, 0.4) is 0 Å². The second-order valence-electron chi connectivity index (χ2n) is 8.21. The Kier molecular flexibility index (Phi) is 4.94. The molecule has 3 aromatic rings. The molecular weight excluding hydrogens is 378 g/mol. The molecule has 2 fully saturated rings. The number of carbonyl (C=O) groups is 1. The molecule has 5 rings (SSSR count). The van der Waals surface area contributed by atoms with Gasteiger partial charge in [0, 0.05) is 34.2 Å². The Labute approximate surface area is 175 Å². The molecule has 1 aromatic heterocycles. The van der Waals surface area contributed by atoms with E-state index in [0.29, 0.717) is 17.5 Å². The fraction of sp³-hybridized carbons (Fsp3) is 0.333. The Bertz CT molecular complexity index is 1020. The van der Waals surface area contributed by atoms with Crippen LogP contribution in [0.1, 0.15) is 46.1 Å². The van der Waals surface area contributed by atoms with E-state index in [1.807, 2.05) is 48.7 Å². The van der Waals surface area contributed by atoms with Gasteiger partial charge in [-0.1, -0.05) is 24.3 Å². The van der Waals surface area contributed by atoms with E-state index in [2.05, 4.69) is 27.8 Å². The fourth-order valence-electron chi connectivity index (χ4n) is 3.76. The van der Waals surface area contributed by atoms with Gasteiger partial charge in [0.25, 0.3) is 5.91 Å². The fourth-order valence-corrected chi connectivity index (χ4v) is 4.38. The monoisotopic (exact) mass is 403 g/mol. The van der Waals surface area contributed by atoms with E-state index in [0.717, 1.165) is 27.9 Å². The molecule has 4 nitrogen and oxygen atoms in total. The number of nitrogens with one attached hydrogen (secondary N) is 2. The molecule has 0 bridgehead atoms. The highest BCUT2D eigenvalue weighted by atomic mass is 32.1.